The molecule has 14 heavy (non-hydrogen) atoms. The molecule has 0 bridgehead atoms. The summed E-state index contributed by atoms with van der Waals surface area (Å²) in [5.74, 6) is 3.61. The van der Waals surface area contributed by atoms with Gasteiger partial charge in [0.15, 0.2) is 9.84 Å². The summed E-state index contributed by atoms with van der Waals surface area (Å²) in [4.78, 5) is 0. The summed E-state index contributed by atoms with van der Waals surface area (Å²) in [6, 6.07) is 0. The van der Waals surface area contributed by atoms with Crippen molar-refractivity contribution in [1.29, 1.82) is 0 Å². The second-order valence-corrected chi connectivity index (χ2v) is 6.01. The van der Waals surface area contributed by atoms with Gasteiger partial charge in [-0.2, -0.15) is 0 Å². The Balaban J connectivity index is 2.07. The van der Waals surface area contributed by atoms with Crippen LogP contribution in [0.5, 0.6) is 0 Å². The van der Waals surface area contributed by atoms with E-state index in [0.29, 0.717) is 17.4 Å². The summed E-state index contributed by atoms with van der Waals surface area (Å²) in [7, 11) is -2.72. The van der Waals surface area contributed by atoms with Gasteiger partial charge in [0, 0.05) is 6.42 Å². The first-order valence-corrected chi connectivity index (χ1v) is 6.81. The highest BCUT2D eigenvalue weighted by atomic mass is 32.2. The van der Waals surface area contributed by atoms with Crippen LogP contribution in [0.15, 0.2) is 0 Å². The van der Waals surface area contributed by atoms with Crippen LogP contribution in [0.4, 0.5) is 0 Å². The smallest absolute Gasteiger partial charge is 0.150 e. The van der Waals surface area contributed by atoms with E-state index < -0.39 is 9.84 Å². The van der Waals surface area contributed by atoms with Crippen LogP contribution in [0.3, 0.4) is 0 Å². The molecular formula is C10H17NO2S. The van der Waals surface area contributed by atoms with E-state index in [1.165, 1.54) is 0 Å². The van der Waals surface area contributed by atoms with Gasteiger partial charge in [-0.15, -0.1) is 12.3 Å². The quantitative estimate of drug-likeness (QED) is 0.534. The summed E-state index contributed by atoms with van der Waals surface area (Å²) in [5.41, 5.74) is 0. The number of hydrogen-bond donors (Lipinski definition) is 1. The van der Waals surface area contributed by atoms with E-state index in [1.54, 1.807) is 0 Å². The normalized spacial score (nSPS) is 24.6. The summed E-state index contributed by atoms with van der Waals surface area (Å²) >= 11 is 0. The highest BCUT2D eigenvalue weighted by molar-refractivity contribution is 7.91. The molecule has 1 saturated heterocycles. The molecule has 1 unspecified atom stereocenters. The molecule has 3 nitrogen and oxygen atoms in total. The van der Waals surface area contributed by atoms with Crippen LogP contribution in [0.2, 0.25) is 0 Å². The molecule has 1 aliphatic rings. The third kappa shape index (κ3) is 4.12. The van der Waals surface area contributed by atoms with E-state index in [4.69, 9.17) is 6.42 Å². The van der Waals surface area contributed by atoms with Crippen LogP contribution < -0.4 is 5.32 Å². The molecular weight excluding hydrogens is 198 g/mol. The number of hydrogen-bond acceptors (Lipinski definition) is 3. The topological polar surface area (TPSA) is 46.2 Å². The summed E-state index contributed by atoms with van der Waals surface area (Å²) in [6.07, 6.45) is 7.68. The van der Waals surface area contributed by atoms with Crippen LogP contribution >= 0.6 is 0 Å². The van der Waals surface area contributed by atoms with E-state index in [2.05, 4.69) is 11.2 Å². The molecule has 1 N–H and O–H groups in total. The Kier molecular flexibility index (Phi) is 4.43. The van der Waals surface area contributed by atoms with Crippen molar-refractivity contribution in [2.75, 3.05) is 24.6 Å². The van der Waals surface area contributed by atoms with Crippen molar-refractivity contribution >= 4 is 9.84 Å². The molecule has 1 rings (SSSR count). The second-order valence-electron chi connectivity index (χ2n) is 3.78. The maximum absolute atomic E-state index is 11.1. The first-order chi connectivity index (χ1) is 6.64. The maximum atomic E-state index is 11.1. The summed E-state index contributed by atoms with van der Waals surface area (Å²) in [5, 5.41) is 3.24. The lowest BCUT2D eigenvalue weighted by molar-refractivity contribution is 0.517. The fourth-order valence-corrected chi connectivity index (χ4v) is 3.52. The monoisotopic (exact) mass is 215 g/mol. The SMILES string of the molecule is C#CCCCNCC1CCS(=O)(=O)C1. The molecule has 4 heteroatoms. The van der Waals surface area contributed by atoms with Crippen molar-refractivity contribution in [1.82, 2.24) is 5.32 Å². The average molecular weight is 215 g/mol. The zero-order valence-electron chi connectivity index (χ0n) is 8.33. The van der Waals surface area contributed by atoms with Gasteiger partial charge in [-0.3, -0.25) is 0 Å². The predicted molar refractivity (Wildman–Crippen MR) is 57.7 cm³/mol. The lowest BCUT2D eigenvalue weighted by Crippen LogP contribution is -2.24. The molecule has 0 aromatic heterocycles. The van der Waals surface area contributed by atoms with Crippen LogP contribution in [0.25, 0.3) is 0 Å². The molecule has 0 amide bonds. The van der Waals surface area contributed by atoms with Gasteiger partial charge < -0.3 is 5.32 Å². The van der Waals surface area contributed by atoms with Crippen LogP contribution in [-0.4, -0.2) is 33.0 Å². The highest BCUT2D eigenvalue weighted by Gasteiger charge is 2.26. The lowest BCUT2D eigenvalue weighted by Gasteiger charge is -2.08. The fourth-order valence-electron chi connectivity index (χ4n) is 1.65. The largest absolute Gasteiger partial charge is 0.316 e. The van der Waals surface area contributed by atoms with Gasteiger partial charge in [-0.1, -0.05) is 0 Å². The Hall–Kier alpha value is -0.530. The third-order valence-corrected chi connectivity index (χ3v) is 4.27. The number of rotatable bonds is 5. The molecule has 0 aromatic carbocycles. The molecule has 1 fully saturated rings. The van der Waals surface area contributed by atoms with Crippen molar-refractivity contribution in [3.63, 3.8) is 0 Å². The Morgan fingerprint density at radius 1 is 1.50 bits per heavy atom. The van der Waals surface area contributed by atoms with Gasteiger partial charge in [0.05, 0.1) is 11.5 Å². The van der Waals surface area contributed by atoms with Crippen LogP contribution in [-0.2, 0) is 9.84 Å². The Morgan fingerprint density at radius 2 is 2.29 bits per heavy atom. The standard InChI is InChI=1S/C10H17NO2S/c1-2-3-4-6-11-8-10-5-7-14(12,13)9-10/h1,10-11H,3-9H2. The van der Waals surface area contributed by atoms with Gasteiger partial charge in [0.1, 0.15) is 0 Å². The molecule has 0 radical (unpaired) electrons. The summed E-state index contributed by atoms with van der Waals surface area (Å²) < 4.78 is 22.2. The van der Waals surface area contributed by atoms with E-state index in [-0.39, 0.29) is 0 Å². The van der Waals surface area contributed by atoms with Crippen molar-refractivity contribution in [2.24, 2.45) is 5.92 Å². The number of nitrogens with one attached hydrogen (secondary N) is 1. The number of unbranched alkanes of at least 4 members (excludes halogenated alkanes) is 1. The van der Waals surface area contributed by atoms with E-state index >= 15 is 0 Å². The van der Waals surface area contributed by atoms with Gasteiger partial charge in [0.25, 0.3) is 0 Å². The Morgan fingerprint density at radius 3 is 2.86 bits per heavy atom. The summed E-state index contributed by atoms with van der Waals surface area (Å²) in [6.45, 7) is 1.70. The Labute approximate surface area is 86.2 Å². The number of sulfone groups is 1. The first kappa shape index (κ1) is 11.5. The minimum Gasteiger partial charge on any atom is -0.316 e. The minimum absolute atomic E-state index is 0.311. The van der Waals surface area contributed by atoms with Crippen molar-refractivity contribution in [2.45, 2.75) is 19.3 Å². The maximum Gasteiger partial charge on any atom is 0.150 e. The second kappa shape index (κ2) is 5.38. The predicted octanol–water partition coefficient (Wildman–Crippen LogP) is 0.424. The van der Waals surface area contributed by atoms with Gasteiger partial charge in [-0.05, 0) is 31.8 Å². The molecule has 1 heterocycles. The van der Waals surface area contributed by atoms with E-state index in [9.17, 15) is 8.42 Å². The third-order valence-electron chi connectivity index (χ3n) is 2.43. The fraction of sp³-hybridized carbons (Fsp3) is 0.800. The zero-order chi connectivity index (χ0) is 10.4. The van der Waals surface area contributed by atoms with Gasteiger partial charge >= 0.3 is 0 Å². The van der Waals surface area contributed by atoms with E-state index in [0.717, 1.165) is 32.4 Å². The first-order valence-electron chi connectivity index (χ1n) is 4.98. The zero-order valence-corrected chi connectivity index (χ0v) is 9.15. The van der Waals surface area contributed by atoms with Crippen LogP contribution in [0, 0.1) is 18.3 Å². The van der Waals surface area contributed by atoms with Gasteiger partial charge in [0.2, 0.25) is 0 Å². The molecule has 0 saturated carbocycles. The van der Waals surface area contributed by atoms with Crippen molar-refractivity contribution in [3.8, 4) is 12.3 Å². The molecule has 1 aliphatic heterocycles. The Bertz CT molecular complexity index is 303. The van der Waals surface area contributed by atoms with Gasteiger partial charge in [-0.25, -0.2) is 8.42 Å². The molecule has 80 valence electrons. The van der Waals surface area contributed by atoms with E-state index in [1.807, 2.05) is 0 Å². The highest BCUT2D eigenvalue weighted by Crippen LogP contribution is 2.17. The van der Waals surface area contributed by atoms with Crippen LogP contribution in [0.1, 0.15) is 19.3 Å². The number of terminal acetylenes is 1. The minimum atomic E-state index is -2.72. The lowest BCUT2D eigenvalue weighted by atomic mass is 10.1. The average Bonchev–Trinajstić information content (AvgIpc) is 2.45. The molecule has 0 aromatic rings. The molecule has 1 atom stereocenters. The van der Waals surface area contributed by atoms with Crippen molar-refractivity contribution < 1.29 is 8.42 Å². The molecule has 0 spiro atoms. The molecule has 0 aliphatic carbocycles. The van der Waals surface area contributed by atoms with Crippen molar-refractivity contribution in [3.05, 3.63) is 0 Å².